The molecule has 2 aliphatic rings. The van der Waals surface area contributed by atoms with Gasteiger partial charge in [-0.25, -0.2) is 4.79 Å². The maximum absolute atomic E-state index is 12.1. The molecule has 0 unspecified atom stereocenters. The molecule has 0 saturated carbocycles. The zero-order valence-electron chi connectivity index (χ0n) is 13.0. The zero-order chi connectivity index (χ0) is 17.1. The monoisotopic (exact) mass is 387 g/mol. The molecule has 0 atom stereocenters. The first-order valence-electron chi connectivity index (χ1n) is 7.43. The molecule has 2 heterocycles. The van der Waals surface area contributed by atoms with Gasteiger partial charge in [-0.15, -0.1) is 0 Å². The normalized spacial score (nSPS) is 18.0. The summed E-state index contributed by atoms with van der Waals surface area (Å²) in [6.07, 6.45) is 1.81. The third-order valence-electron chi connectivity index (χ3n) is 3.52. The smallest absolute Gasteiger partial charge is 0.354 e. The number of nitrogens with zero attached hydrogens (tertiary/aromatic N) is 3. The van der Waals surface area contributed by atoms with Crippen LogP contribution in [0.4, 0.5) is 0 Å². The van der Waals surface area contributed by atoms with Crippen molar-refractivity contribution in [3.63, 3.8) is 0 Å². The van der Waals surface area contributed by atoms with Gasteiger partial charge in [0.2, 0.25) is 5.88 Å². The lowest BCUT2D eigenvalue weighted by Crippen LogP contribution is -2.33. The number of halogens is 1. The first-order chi connectivity index (χ1) is 11.6. The van der Waals surface area contributed by atoms with Gasteiger partial charge in [0, 0.05) is 22.7 Å². The van der Waals surface area contributed by atoms with E-state index in [-0.39, 0.29) is 18.1 Å². The fraction of sp³-hybridized carbons (Fsp3) is 0.235. The first kappa shape index (κ1) is 16.3. The molecule has 122 valence electrons. The highest BCUT2D eigenvalue weighted by Gasteiger charge is 2.32. The molecule has 0 spiro atoms. The molecule has 6 nitrogen and oxygen atoms in total. The van der Waals surface area contributed by atoms with Crippen molar-refractivity contribution in [2.24, 2.45) is 4.99 Å². The highest BCUT2D eigenvalue weighted by atomic mass is 79.9. The van der Waals surface area contributed by atoms with Crippen LogP contribution >= 0.6 is 15.9 Å². The Balaban J connectivity index is 2.05. The van der Waals surface area contributed by atoms with E-state index in [1.807, 2.05) is 30.3 Å². The average Bonchev–Trinajstić information content (AvgIpc) is 3.05. The third kappa shape index (κ3) is 3.05. The van der Waals surface area contributed by atoms with Crippen molar-refractivity contribution in [1.82, 2.24) is 4.90 Å². The molecule has 1 aromatic rings. The van der Waals surface area contributed by atoms with Crippen LogP contribution in [0.5, 0.6) is 0 Å². The molecule has 0 amide bonds. The Kier molecular flexibility index (Phi) is 4.67. The Bertz CT molecular complexity index is 803. The van der Waals surface area contributed by atoms with Gasteiger partial charge in [-0.3, -0.25) is 9.89 Å². The Hall–Kier alpha value is -2.59. The maximum atomic E-state index is 12.1. The summed E-state index contributed by atoms with van der Waals surface area (Å²) >= 11 is 3.39. The molecular formula is C17H14BrN3O3. The Labute approximate surface area is 147 Å². The molecule has 3 rings (SSSR count). The summed E-state index contributed by atoms with van der Waals surface area (Å²) in [4.78, 5) is 18.2. The minimum Gasteiger partial charge on any atom is -0.462 e. The van der Waals surface area contributed by atoms with Crippen LogP contribution < -0.4 is 0 Å². The Morgan fingerprint density at radius 3 is 2.88 bits per heavy atom. The van der Waals surface area contributed by atoms with E-state index >= 15 is 0 Å². The summed E-state index contributed by atoms with van der Waals surface area (Å²) in [5.74, 6) is 0.684. The van der Waals surface area contributed by atoms with Crippen LogP contribution in [-0.4, -0.2) is 36.4 Å². The number of fused-ring (bicyclic) bond motifs is 1. The van der Waals surface area contributed by atoms with E-state index in [0.29, 0.717) is 24.7 Å². The largest absolute Gasteiger partial charge is 0.462 e. The number of amidine groups is 1. The minimum atomic E-state index is -0.696. The van der Waals surface area contributed by atoms with Crippen molar-refractivity contribution in [2.75, 3.05) is 19.7 Å². The number of carbonyl (C=O) groups excluding carboxylic acids is 1. The number of hydrogen-bond donors (Lipinski definition) is 0. The number of nitriles is 1. The molecule has 0 N–H and O–H groups in total. The van der Waals surface area contributed by atoms with E-state index in [0.717, 1.165) is 10.0 Å². The van der Waals surface area contributed by atoms with Crippen LogP contribution in [0.25, 0.3) is 5.76 Å². The molecule has 0 aromatic heterocycles. The number of rotatable bonds is 3. The number of carbonyl (C=O) groups is 1. The van der Waals surface area contributed by atoms with Gasteiger partial charge in [0.25, 0.3) is 0 Å². The van der Waals surface area contributed by atoms with Crippen molar-refractivity contribution in [3.8, 4) is 6.07 Å². The number of aliphatic imine (C=N–C) groups is 1. The highest BCUT2D eigenvalue weighted by molar-refractivity contribution is 9.10. The molecule has 7 heteroatoms. The van der Waals surface area contributed by atoms with Crippen LogP contribution in [0, 0.1) is 11.3 Å². The molecule has 0 fully saturated rings. The predicted molar refractivity (Wildman–Crippen MR) is 91.5 cm³/mol. The summed E-state index contributed by atoms with van der Waals surface area (Å²) in [6.45, 7) is 3.01. The Morgan fingerprint density at radius 1 is 1.46 bits per heavy atom. The maximum Gasteiger partial charge on any atom is 0.354 e. The fourth-order valence-electron chi connectivity index (χ4n) is 2.43. The van der Waals surface area contributed by atoms with Crippen molar-refractivity contribution in [3.05, 3.63) is 51.8 Å². The average molecular weight is 388 g/mol. The van der Waals surface area contributed by atoms with Crippen molar-refractivity contribution < 1.29 is 14.3 Å². The lowest BCUT2D eigenvalue weighted by Gasteiger charge is -2.28. The van der Waals surface area contributed by atoms with Crippen LogP contribution in [0.1, 0.15) is 12.5 Å². The van der Waals surface area contributed by atoms with Gasteiger partial charge in [-0.1, -0.05) is 28.1 Å². The summed E-state index contributed by atoms with van der Waals surface area (Å²) in [6, 6.07) is 9.45. The quantitative estimate of drug-likeness (QED) is 0.452. The Morgan fingerprint density at radius 2 is 2.21 bits per heavy atom. The van der Waals surface area contributed by atoms with Crippen LogP contribution in [-0.2, 0) is 14.3 Å². The van der Waals surface area contributed by atoms with Crippen LogP contribution in [0.3, 0.4) is 0 Å². The molecule has 1 aromatic carbocycles. The second-order valence-corrected chi connectivity index (χ2v) is 5.94. The molecular weight excluding hydrogens is 374 g/mol. The van der Waals surface area contributed by atoms with E-state index < -0.39 is 5.97 Å². The summed E-state index contributed by atoms with van der Waals surface area (Å²) in [5, 5.41) is 9.41. The molecule has 0 bridgehead atoms. The van der Waals surface area contributed by atoms with Gasteiger partial charge < -0.3 is 9.47 Å². The topological polar surface area (TPSA) is 74.9 Å². The van der Waals surface area contributed by atoms with Gasteiger partial charge in [-0.2, -0.15) is 5.26 Å². The van der Waals surface area contributed by atoms with Crippen LogP contribution in [0.15, 0.2) is 51.3 Å². The van der Waals surface area contributed by atoms with E-state index in [1.54, 1.807) is 17.9 Å². The number of ether oxygens (including phenoxy) is 2. The highest BCUT2D eigenvalue weighted by Crippen LogP contribution is 2.31. The molecule has 0 radical (unpaired) electrons. The van der Waals surface area contributed by atoms with Crippen molar-refractivity contribution in [2.45, 2.75) is 6.92 Å². The number of esters is 1. The second kappa shape index (κ2) is 6.89. The van der Waals surface area contributed by atoms with Crippen molar-refractivity contribution >= 4 is 33.5 Å². The van der Waals surface area contributed by atoms with E-state index in [9.17, 15) is 10.1 Å². The SMILES string of the molecule is CCOC(=O)/C(C#N)=C1\OC(c2ccc(Br)cc2)=CC2=NCCN21. The lowest BCUT2D eigenvalue weighted by molar-refractivity contribution is -0.138. The summed E-state index contributed by atoms with van der Waals surface area (Å²) in [7, 11) is 0. The third-order valence-corrected chi connectivity index (χ3v) is 4.05. The van der Waals surface area contributed by atoms with Gasteiger partial charge >= 0.3 is 5.97 Å². The predicted octanol–water partition coefficient (Wildman–Crippen LogP) is 2.83. The summed E-state index contributed by atoms with van der Waals surface area (Å²) in [5.41, 5.74) is 0.667. The van der Waals surface area contributed by atoms with Gasteiger partial charge in [0.1, 0.15) is 17.7 Å². The standard InChI is InChI=1S/C17H14BrN3O3/c1-2-23-17(22)13(10-19)16-21-8-7-20-15(21)9-14(24-16)11-3-5-12(18)6-4-11/h3-6,9H,2,7-8H2,1H3/b16-13-. The van der Waals surface area contributed by atoms with E-state index in [4.69, 9.17) is 9.47 Å². The van der Waals surface area contributed by atoms with E-state index in [2.05, 4.69) is 20.9 Å². The van der Waals surface area contributed by atoms with Crippen LogP contribution in [0.2, 0.25) is 0 Å². The molecule has 24 heavy (non-hydrogen) atoms. The van der Waals surface area contributed by atoms with E-state index in [1.165, 1.54) is 0 Å². The lowest BCUT2D eigenvalue weighted by atomic mass is 10.1. The fourth-order valence-corrected chi connectivity index (χ4v) is 2.69. The number of hydrogen-bond acceptors (Lipinski definition) is 6. The van der Waals surface area contributed by atoms with Gasteiger partial charge in [0.15, 0.2) is 5.57 Å². The first-order valence-corrected chi connectivity index (χ1v) is 8.22. The van der Waals surface area contributed by atoms with Gasteiger partial charge in [0.05, 0.1) is 13.2 Å². The molecule has 0 saturated heterocycles. The van der Waals surface area contributed by atoms with Crippen molar-refractivity contribution in [1.29, 1.82) is 5.26 Å². The minimum absolute atomic E-state index is 0.158. The molecule has 0 aliphatic carbocycles. The van der Waals surface area contributed by atoms with Gasteiger partial charge in [-0.05, 0) is 19.1 Å². The summed E-state index contributed by atoms with van der Waals surface area (Å²) < 4.78 is 11.8. The molecule has 2 aliphatic heterocycles. The zero-order valence-corrected chi connectivity index (χ0v) is 14.5. The second-order valence-electron chi connectivity index (χ2n) is 5.02. The number of benzene rings is 1.